The van der Waals surface area contributed by atoms with Gasteiger partial charge in [-0.2, -0.15) is 0 Å². The third kappa shape index (κ3) is 4.61. The second-order valence-electron chi connectivity index (χ2n) is 3.89. The molecule has 1 aromatic rings. The van der Waals surface area contributed by atoms with Crippen molar-refractivity contribution >= 4 is 15.5 Å². The van der Waals surface area contributed by atoms with E-state index >= 15 is 0 Å². The molecule has 16 heavy (non-hydrogen) atoms. The van der Waals surface area contributed by atoms with Gasteiger partial charge < -0.3 is 5.32 Å². The van der Waals surface area contributed by atoms with Crippen LogP contribution in [-0.4, -0.2) is 27.0 Å². The molecule has 0 fully saturated rings. The first-order valence-electron chi connectivity index (χ1n) is 5.06. The number of aryl methyl sites for hydroxylation is 1. The zero-order valence-electron chi connectivity index (χ0n) is 9.46. The fourth-order valence-corrected chi connectivity index (χ4v) is 2.00. The van der Waals surface area contributed by atoms with Gasteiger partial charge in [-0.25, -0.2) is 12.8 Å². The Kier molecular flexibility index (Phi) is 4.29. The Hall–Kier alpha value is -1.10. The van der Waals surface area contributed by atoms with Crippen LogP contribution in [0.4, 0.5) is 10.1 Å². The van der Waals surface area contributed by atoms with E-state index in [2.05, 4.69) is 5.32 Å². The van der Waals surface area contributed by atoms with Crippen LogP contribution in [0.2, 0.25) is 0 Å². The maximum Gasteiger partial charge on any atom is 0.147 e. The molecular weight excluding hydrogens is 229 g/mol. The lowest BCUT2D eigenvalue weighted by Gasteiger charge is -2.07. The lowest BCUT2D eigenvalue weighted by Crippen LogP contribution is -2.10. The van der Waals surface area contributed by atoms with Crippen LogP contribution in [0.25, 0.3) is 0 Å². The second-order valence-corrected chi connectivity index (χ2v) is 6.15. The van der Waals surface area contributed by atoms with Crippen molar-refractivity contribution in [2.75, 3.05) is 23.9 Å². The van der Waals surface area contributed by atoms with Gasteiger partial charge in [0, 0.05) is 12.8 Å². The van der Waals surface area contributed by atoms with Gasteiger partial charge >= 0.3 is 0 Å². The van der Waals surface area contributed by atoms with Crippen molar-refractivity contribution in [2.24, 2.45) is 0 Å². The van der Waals surface area contributed by atoms with E-state index < -0.39 is 9.84 Å². The Morgan fingerprint density at radius 3 is 2.69 bits per heavy atom. The zero-order valence-corrected chi connectivity index (χ0v) is 10.3. The van der Waals surface area contributed by atoms with Crippen LogP contribution in [-0.2, 0) is 9.84 Å². The molecular formula is C11H16FNO2S. The smallest absolute Gasteiger partial charge is 0.147 e. The summed E-state index contributed by atoms with van der Waals surface area (Å²) in [6, 6.07) is 4.79. The van der Waals surface area contributed by atoms with E-state index in [9.17, 15) is 12.8 Å². The van der Waals surface area contributed by atoms with Crippen LogP contribution in [0.15, 0.2) is 18.2 Å². The monoisotopic (exact) mass is 245 g/mol. The van der Waals surface area contributed by atoms with Gasteiger partial charge in [-0.05, 0) is 31.0 Å². The summed E-state index contributed by atoms with van der Waals surface area (Å²) in [6.45, 7) is 2.33. The van der Waals surface area contributed by atoms with Gasteiger partial charge in [-0.15, -0.1) is 0 Å². The highest BCUT2D eigenvalue weighted by Gasteiger charge is 2.03. The predicted octanol–water partition coefficient (Wildman–Crippen LogP) is 1.98. The van der Waals surface area contributed by atoms with E-state index in [0.29, 0.717) is 18.7 Å². The van der Waals surface area contributed by atoms with Crippen LogP contribution < -0.4 is 5.32 Å². The van der Waals surface area contributed by atoms with Gasteiger partial charge in [-0.3, -0.25) is 0 Å². The van der Waals surface area contributed by atoms with Gasteiger partial charge in [0.2, 0.25) is 0 Å². The summed E-state index contributed by atoms with van der Waals surface area (Å²) in [5.74, 6) is -0.196. The summed E-state index contributed by atoms with van der Waals surface area (Å²) in [5, 5.41) is 2.89. The lowest BCUT2D eigenvalue weighted by molar-refractivity contribution is 0.599. The van der Waals surface area contributed by atoms with E-state index in [1.807, 2.05) is 6.92 Å². The molecule has 1 N–H and O–H groups in total. The average molecular weight is 245 g/mol. The Morgan fingerprint density at radius 1 is 1.38 bits per heavy atom. The van der Waals surface area contributed by atoms with Gasteiger partial charge in [0.05, 0.1) is 11.4 Å². The van der Waals surface area contributed by atoms with Crippen molar-refractivity contribution in [2.45, 2.75) is 13.3 Å². The van der Waals surface area contributed by atoms with Gasteiger partial charge in [0.15, 0.2) is 0 Å². The highest BCUT2D eigenvalue weighted by molar-refractivity contribution is 7.90. The van der Waals surface area contributed by atoms with E-state index in [1.54, 1.807) is 12.1 Å². The largest absolute Gasteiger partial charge is 0.383 e. The number of halogens is 1. The maximum absolute atomic E-state index is 13.3. The molecule has 1 aromatic carbocycles. The van der Waals surface area contributed by atoms with Crippen LogP contribution in [0, 0.1) is 12.7 Å². The molecule has 0 atom stereocenters. The fraction of sp³-hybridized carbons (Fsp3) is 0.455. The molecule has 0 bridgehead atoms. The van der Waals surface area contributed by atoms with E-state index in [4.69, 9.17) is 0 Å². The van der Waals surface area contributed by atoms with Crippen LogP contribution >= 0.6 is 0 Å². The molecule has 1 rings (SSSR count). The molecule has 90 valence electrons. The number of hydrogen-bond donors (Lipinski definition) is 1. The molecule has 0 heterocycles. The third-order valence-corrected chi connectivity index (χ3v) is 3.16. The quantitative estimate of drug-likeness (QED) is 0.807. The van der Waals surface area contributed by atoms with Crippen molar-refractivity contribution in [1.82, 2.24) is 0 Å². The lowest BCUT2D eigenvalue weighted by atomic mass is 10.2. The number of benzene rings is 1. The molecule has 0 spiro atoms. The molecule has 0 unspecified atom stereocenters. The summed E-state index contributed by atoms with van der Waals surface area (Å²) < 4.78 is 35.0. The number of nitrogens with one attached hydrogen (secondary N) is 1. The first kappa shape index (κ1) is 13.0. The van der Waals surface area contributed by atoms with Crippen LogP contribution in [0.5, 0.6) is 0 Å². The van der Waals surface area contributed by atoms with Gasteiger partial charge in [0.25, 0.3) is 0 Å². The molecule has 0 saturated heterocycles. The average Bonchev–Trinajstić information content (AvgIpc) is 2.16. The zero-order chi connectivity index (χ0) is 12.2. The van der Waals surface area contributed by atoms with Crippen molar-refractivity contribution in [3.63, 3.8) is 0 Å². The van der Waals surface area contributed by atoms with Crippen molar-refractivity contribution in [3.8, 4) is 0 Å². The first-order valence-corrected chi connectivity index (χ1v) is 7.12. The maximum atomic E-state index is 13.3. The molecule has 0 radical (unpaired) electrons. The Bertz CT molecular complexity index is 457. The molecule has 0 aliphatic carbocycles. The minimum atomic E-state index is -2.93. The minimum absolute atomic E-state index is 0.118. The van der Waals surface area contributed by atoms with Crippen molar-refractivity contribution < 1.29 is 12.8 Å². The highest BCUT2D eigenvalue weighted by atomic mass is 32.2. The molecule has 0 aliphatic heterocycles. The van der Waals surface area contributed by atoms with Crippen LogP contribution in [0.3, 0.4) is 0 Å². The SMILES string of the molecule is Cc1ccc(F)c(NCCCS(C)(=O)=O)c1. The predicted molar refractivity (Wildman–Crippen MR) is 64.0 cm³/mol. The van der Waals surface area contributed by atoms with E-state index in [1.165, 1.54) is 12.3 Å². The molecule has 5 heteroatoms. The number of rotatable bonds is 5. The van der Waals surface area contributed by atoms with Gasteiger partial charge in [-0.1, -0.05) is 6.07 Å². The van der Waals surface area contributed by atoms with E-state index in [0.717, 1.165) is 5.56 Å². The summed E-state index contributed by atoms with van der Waals surface area (Å²) in [5.41, 5.74) is 1.39. The molecule has 0 amide bonds. The number of sulfone groups is 1. The summed E-state index contributed by atoms with van der Waals surface area (Å²) in [7, 11) is -2.93. The fourth-order valence-electron chi connectivity index (χ4n) is 1.33. The Balaban J connectivity index is 2.46. The third-order valence-electron chi connectivity index (χ3n) is 2.13. The van der Waals surface area contributed by atoms with Crippen molar-refractivity contribution in [1.29, 1.82) is 0 Å². The first-order chi connectivity index (χ1) is 7.38. The normalized spacial score (nSPS) is 11.4. The Morgan fingerprint density at radius 2 is 2.06 bits per heavy atom. The number of anilines is 1. The van der Waals surface area contributed by atoms with Crippen molar-refractivity contribution in [3.05, 3.63) is 29.6 Å². The minimum Gasteiger partial charge on any atom is -0.383 e. The summed E-state index contributed by atoms with van der Waals surface area (Å²) in [4.78, 5) is 0. The van der Waals surface area contributed by atoms with Gasteiger partial charge in [0.1, 0.15) is 15.7 Å². The molecule has 0 aromatic heterocycles. The number of hydrogen-bond acceptors (Lipinski definition) is 3. The summed E-state index contributed by atoms with van der Waals surface area (Å²) >= 11 is 0. The van der Waals surface area contributed by atoms with Crippen LogP contribution in [0.1, 0.15) is 12.0 Å². The molecule has 0 saturated carbocycles. The summed E-state index contributed by atoms with van der Waals surface area (Å²) in [6.07, 6.45) is 1.67. The topological polar surface area (TPSA) is 46.2 Å². The second kappa shape index (κ2) is 5.30. The standard InChI is InChI=1S/C11H16FNO2S/c1-9-4-5-10(12)11(8-9)13-6-3-7-16(2,14)15/h4-5,8,13H,3,6-7H2,1-2H3. The molecule has 0 aliphatic rings. The highest BCUT2D eigenvalue weighted by Crippen LogP contribution is 2.15. The van der Waals surface area contributed by atoms with E-state index in [-0.39, 0.29) is 11.6 Å². The Labute approximate surface area is 95.6 Å². The molecule has 3 nitrogen and oxygen atoms in total.